The molecule has 1 rings (SSSR count). The molecule has 1 aliphatic carbocycles. The molecule has 0 atom stereocenters. The molecule has 0 heterocycles. The molecular formula is C12H26. The largest absolute Gasteiger partial charge is 0.0683 e. The zero-order valence-corrected chi connectivity index (χ0v) is 9.45. The fourth-order valence-corrected chi connectivity index (χ4v) is 2.26. The number of rotatable bonds is 2. The minimum atomic E-state index is 0.729. The summed E-state index contributed by atoms with van der Waals surface area (Å²) in [5.74, 6) is 0. The average molecular weight is 170 g/mol. The summed E-state index contributed by atoms with van der Waals surface area (Å²) >= 11 is 0. The molecule has 0 aromatic carbocycles. The van der Waals surface area contributed by atoms with E-state index < -0.39 is 0 Å². The summed E-state index contributed by atoms with van der Waals surface area (Å²) in [6.07, 6.45) is 10.2. The van der Waals surface area contributed by atoms with Crippen LogP contribution in [-0.4, -0.2) is 0 Å². The molecule has 0 nitrogen and oxygen atoms in total. The van der Waals surface area contributed by atoms with E-state index in [1.54, 1.807) is 0 Å². The third kappa shape index (κ3) is 4.13. The highest BCUT2D eigenvalue weighted by Gasteiger charge is 2.24. The molecule has 0 bridgehead atoms. The monoisotopic (exact) mass is 170 g/mol. The van der Waals surface area contributed by atoms with E-state index in [1.165, 1.54) is 44.9 Å². The van der Waals surface area contributed by atoms with Crippen LogP contribution in [0.1, 0.15) is 72.6 Å². The van der Waals surface area contributed by atoms with Gasteiger partial charge in [0.1, 0.15) is 0 Å². The molecular weight excluding hydrogens is 144 g/mol. The van der Waals surface area contributed by atoms with Crippen molar-refractivity contribution in [1.29, 1.82) is 0 Å². The van der Waals surface area contributed by atoms with Crippen LogP contribution >= 0.6 is 0 Å². The highest BCUT2D eigenvalue weighted by atomic mass is 14.3. The third-order valence-corrected chi connectivity index (χ3v) is 2.91. The second kappa shape index (κ2) is 6.51. The maximum absolute atomic E-state index is 2.47. The highest BCUT2D eigenvalue weighted by Crippen LogP contribution is 2.39. The Morgan fingerprint density at radius 2 is 1.50 bits per heavy atom. The molecule has 1 fully saturated rings. The highest BCUT2D eigenvalue weighted by molar-refractivity contribution is 4.77. The maximum Gasteiger partial charge on any atom is -0.0326 e. The van der Waals surface area contributed by atoms with Crippen molar-refractivity contribution in [2.75, 3.05) is 0 Å². The van der Waals surface area contributed by atoms with Gasteiger partial charge in [0.15, 0.2) is 0 Å². The van der Waals surface area contributed by atoms with Gasteiger partial charge in [-0.15, -0.1) is 0 Å². The van der Waals surface area contributed by atoms with E-state index in [-0.39, 0.29) is 0 Å². The molecule has 0 radical (unpaired) electrons. The van der Waals surface area contributed by atoms with E-state index in [4.69, 9.17) is 0 Å². The molecule has 0 N–H and O–H groups in total. The van der Waals surface area contributed by atoms with Crippen LogP contribution in [0.5, 0.6) is 0 Å². The molecule has 0 aliphatic heterocycles. The lowest BCUT2D eigenvalue weighted by atomic mass is 9.73. The van der Waals surface area contributed by atoms with Gasteiger partial charge < -0.3 is 0 Å². The summed E-state index contributed by atoms with van der Waals surface area (Å²) in [7, 11) is 0. The van der Waals surface area contributed by atoms with Gasteiger partial charge in [0.05, 0.1) is 0 Å². The van der Waals surface area contributed by atoms with Crippen molar-refractivity contribution in [3.8, 4) is 0 Å². The molecule has 1 aliphatic rings. The van der Waals surface area contributed by atoms with Gasteiger partial charge in [-0.3, -0.25) is 0 Å². The van der Waals surface area contributed by atoms with Crippen molar-refractivity contribution in [3.05, 3.63) is 0 Å². The van der Waals surface area contributed by atoms with Crippen LogP contribution in [-0.2, 0) is 0 Å². The van der Waals surface area contributed by atoms with Gasteiger partial charge in [0, 0.05) is 0 Å². The van der Waals surface area contributed by atoms with Crippen molar-refractivity contribution >= 4 is 0 Å². The van der Waals surface area contributed by atoms with E-state index in [0.717, 1.165) is 5.41 Å². The quantitative estimate of drug-likeness (QED) is 0.559. The standard InChI is InChI=1S/C10H20.C2H6/c1-3-7-10(2)8-5-4-6-9-10;1-2/h3-9H2,1-2H3;1-2H3. The normalized spacial score (nSPS) is 21.0. The summed E-state index contributed by atoms with van der Waals surface area (Å²) < 4.78 is 0. The van der Waals surface area contributed by atoms with Gasteiger partial charge in [-0.25, -0.2) is 0 Å². The van der Waals surface area contributed by atoms with E-state index >= 15 is 0 Å². The number of hydrogen-bond acceptors (Lipinski definition) is 0. The van der Waals surface area contributed by atoms with Crippen LogP contribution < -0.4 is 0 Å². The van der Waals surface area contributed by atoms with Crippen LogP contribution in [0.4, 0.5) is 0 Å². The fourth-order valence-electron chi connectivity index (χ4n) is 2.26. The van der Waals surface area contributed by atoms with E-state index in [1.807, 2.05) is 13.8 Å². The molecule has 0 unspecified atom stereocenters. The zero-order chi connectivity index (χ0) is 9.45. The number of hydrogen-bond donors (Lipinski definition) is 0. The van der Waals surface area contributed by atoms with Gasteiger partial charge in [-0.1, -0.05) is 53.4 Å². The third-order valence-electron chi connectivity index (χ3n) is 2.91. The lowest BCUT2D eigenvalue weighted by molar-refractivity contribution is 0.197. The molecule has 0 aromatic heterocycles. The molecule has 12 heavy (non-hydrogen) atoms. The van der Waals surface area contributed by atoms with Crippen molar-refractivity contribution in [2.45, 2.75) is 72.6 Å². The lowest BCUT2D eigenvalue weighted by Gasteiger charge is -2.33. The Morgan fingerprint density at radius 1 is 1.00 bits per heavy atom. The van der Waals surface area contributed by atoms with E-state index in [0.29, 0.717) is 0 Å². The van der Waals surface area contributed by atoms with Crippen LogP contribution in [0.15, 0.2) is 0 Å². The van der Waals surface area contributed by atoms with Gasteiger partial charge in [-0.05, 0) is 24.7 Å². The summed E-state index contributed by atoms with van der Waals surface area (Å²) in [6, 6.07) is 0. The van der Waals surface area contributed by atoms with Gasteiger partial charge in [-0.2, -0.15) is 0 Å². The second-order valence-electron chi connectivity index (χ2n) is 4.12. The molecule has 0 heteroatoms. The molecule has 74 valence electrons. The van der Waals surface area contributed by atoms with Crippen LogP contribution in [0.25, 0.3) is 0 Å². The van der Waals surface area contributed by atoms with Crippen molar-refractivity contribution < 1.29 is 0 Å². The Bertz CT molecular complexity index is 82.7. The fraction of sp³-hybridized carbons (Fsp3) is 1.00. The zero-order valence-electron chi connectivity index (χ0n) is 9.45. The average Bonchev–Trinajstić information content (AvgIpc) is 2.09. The van der Waals surface area contributed by atoms with Crippen molar-refractivity contribution in [2.24, 2.45) is 5.41 Å². The predicted octanol–water partition coefficient (Wildman–Crippen LogP) is 4.78. The minimum Gasteiger partial charge on any atom is -0.0683 e. The summed E-state index contributed by atoms with van der Waals surface area (Å²) in [5, 5.41) is 0. The van der Waals surface area contributed by atoms with Crippen molar-refractivity contribution in [1.82, 2.24) is 0 Å². The Labute approximate surface area is 78.8 Å². The summed E-state index contributed by atoms with van der Waals surface area (Å²) in [4.78, 5) is 0. The first kappa shape index (κ1) is 12.0. The Kier molecular flexibility index (Phi) is 6.51. The molecule has 1 saturated carbocycles. The molecule has 0 aromatic rings. The summed E-state index contributed by atoms with van der Waals surface area (Å²) in [6.45, 7) is 8.77. The topological polar surface area (TPSA) is 0 Å². The van der Waals surface area contributed by atoms with Gasteiger partial charge in [0.2, 0.25) is 0 Å². The first-order valence-electron chi connectivity index (χ1n) is 5.77. The maximum atomic E-state index is 2.47. The Morgan fingerprint density at radius 3 is 1.92 bits per heavy atom. The van der Waals surface area contributed by atoms with Crippen LogP contribution in [0, 0.1) is 5.41 Å². The molecule has 0 spiro atoms. The molecule has 0 amide bonds. The lowest BCUT2D eigenvalue weighted by Crippen LogP contribution is -2.19. The Hall–Kier alpha value is 0. The van der Waals surface area contributed by atoms with Crippen LogP contribution in [0.3, 0.4) is 0 Å². The van der Waals surface area contributed by atoms with Crippen LogP contribution in [0.2, 0.25) is 0 Å². The van der Waals surface area contributed by atoms with Crippen molar-refractivity contribution in [3.63, 3.8) is 0 Å². The Balaban J connectivity index is 0.000000561. The van der Waals surface area contributed by atoms with E-state index in [9.17, 15) is 0 Å². The minimum absolute atomic E-state index is 0.729. The SMILES string of the molecule is CC.CCCC1(C)CCCCC1. The van der Waals surface area contributed by atoms with Gasteiger partial charge >= 0.3 is 0 Å². The first-order valence-corrected chi connectivity index (χ1v) is 5.77. The van der Waals surface area contributed by atoms with Gasteiger partial charge in [0.25, 0.3) is 0 Å². The first-order chi connectivity index (χ1) is 5.77. The smallest absolute Gasteiger partial charge is 0.0326 e. The van der Waals surface area contributed by atoms with E-state index in [2.05, 4.69) is 13.8 Å². The second-order valence-corrected chi connectivity index (χ2v) is 4.12. The summed E-state index contributed by atoms with van der Waals surface area (Å²) in [5.41, 5.74) is 0.729. The molecule has 0 saturated heterocycles. The predicted molar refractivity (Wildman–Crippen MR) is 57.4 cm³/mol.